The predicted molar refractivity (Wildman–Crippen MR) is 130 cm³/mol. The van der Waals surface area contributed by atoms with E-state index < -0.39 is 5.54 Å². The standard InChI is InChI=1S/C25H30FN7O2/c1-31-8-10-32(11-9-31)20-7-6-17(12-19(20)26)28-24-27-15-16-13-25(30-22(16)29-24)14-21(34)33(23(25)35)18-4-2-3-5-18/h6-7,12,15,18H,2-5,8-11,13-14H2,1H3,(H2,27,28,29,30). The van der Waals surface area contributed by atoms with Gasteiger partial charge in [0.25, 0.3) is 5.91 Å². The Bertz CT molecular complexity index is 1180. The van der Waals surface area contributed by atoms with Crippen molar-refractivity contribution in [1.82, 2.24) is 19.8 Å². The van der Waals surface area contributed by atoms with E-state index in [0.29, 0.717) is 29.6 Å². The largest absolute Gasteiger partial charge is 0.367 e. The second-order valence-corrected chi connectivity index (χ2v) is 10.2. The van der Waals surface area contributed by atoms with E-state index in [2.05, 4.69) is 37.4 Å². The highest BCUT2D eigenvalue weighted by Crippen LogP contribution is 2.41. The molecule has 2 aromatic rings. The summed E-state index contributed by atoms with van der Waals surface area (Å²) in [5, 5.41) is 6.32. The number of hydrogen-bond acceptors (Lipinski definition) is 8. The topological polar surface area (TPSA) is 93.7 Å². The number of aromatic nitrogens is 2. The smallest absolute Gasteiger partial charge is 0.256 e. The molecule has 0 bridgehead atoms. The molecule has 4 aliphatic rings. The van der Waals surface area contributed by atoms with E-state index >= 15 is 0 Å². The van der Waals surface area contributed by atoms with Crippen LogP contribution in [-0.4, -0.2) is 76.4 Å². The van der Waals surface area contributed by atoms with E-state index in [1.165, 1.54) is 11.0 Å². The highest BCUT2D eigenvalue weighted by Gasteiger charge is 2.56. The Morgan fingerprint density at radius 1 is 1.11 bits per heavy atom. The fourth-order valence-corrected chi connectivity index (χ4v) is 5.85. The molecule has 2 amide bonds. The van der Waals surface area contributed by atoms with E-state index in [0.717, 1.165) is 57.4 Å². The molecule has 1 aromatic heterocycles. The molecule has 1 atom stereocenters. The lowest BCUT2D eigenvalue weighted by Gasteiger charge is -2.34. The second-order valence-electron chi connectivity index (χ2n) is 10.2. The summed E-state index contributed by atoms with van der Waals surface area (Å²) < 4.78 is 14.9. The molecule has 1 aromatic carbocycles. The zero-order valence-corrected chi connectivity index (χ0v) is 19.9. The molecule has 6 rings (SSSR count). The first kappa shape index (κ1) is 22.2. The van der Waals surface area contributed by atoms with E-state index in [-0.39, 0.29) is 30.1 Å². The van der Waals surface area contributed by atoms with Crippen LogP contribution in [0.1, 0.15) is 37.7 Å². The summed E-state index contributed by atoms with van der Waals surface area (Å²) in [6.07, 6.45) is 6.10. The summed E-state index contributed by atoms with van der Waals surface area (Å²) in [7, 11) is 2.07. The van der Waals surface area contributed by atoms with Gasteiger partial charge in [-0.05, 0) is 38.1 Å². The number of amides is 2. The molecule has 1 saturated carbocycles. The number of carbonyl (C=O) groups is 2. The van der Waals surface area contributed by atoms with Gasteiger partial charge in [0.05, 0.1) is 12.1 Å². The Labute approximate surface area is 203 Å². The second kappa shape index (κ2) is 8.44. The summed E-state index contributed by atoms with van der Waals surface area (Å²) in [6, 6.07) is 5.08. The fraction of sp³-hybridized carbons (Fsp3) is 0.520. The average Bonchev–Trinajstić information content (AvgIpc) is 3.53. The van der Waals surface area contributed by atoms with Crippen LogP contribution in [0.3, 0.4) is 0 Å². The van der Waals surface area contributed by atoms with Crippen molar-refractivity contribution >= 4 is 35.0 Å². The van der Waals surface area contributed by atoms with Crippen molar-refractivity contribution in [3.05, 3.63) is 35.8 Å². The van der Waals surface area contributed by atoms with Crippen LogP contribution in [0.2, 0.25) is 0 Å². The number of nitrogens with one attached hydrogen (secondary N) is 2. The third-order valence-electron chi connectivity index (χ3n) is 7.80. The molecule has 184 valence electrons. The molecule has 10 heteroatoms. The van der Waals surface area contributed by atoms with E-state index in [9.17, 15) is 14.0 Å². The number of carbonyl (C=O) groups excluding carboxylic acids is 2. The SMILES string of the molecule is CN1CCN(c2ccc(Nc3ncc4c(n3)NC3(CC(=O)N(C5CCCC5)C3=O)C4)cc2F)CC1. The minimum Gasteiger partial charge on any atom is -0.367 e. The van der Waals surface area contributed by atoms with Gasteiger partial charge in [0.1, 0.15) is 17.2 Å². The van der Waals surface area contributed by atoms with Gasteiger partial charge in [-0.25, -0.2) is 9.37 Å². The number of piperazine rings is 1. The average molecular weight is 480 g/mol. The number of anilines is 4. The van der Waals surface area contributed by atoms with Crippen LogP contribution < -0.4 is 15.5 Å². The van der Waals surface area contributed by atoms with Gasteiger partial charge in [-0.1, -0.05) is 12.8 Å². The van der Waals surface area contributed by atoms with Crippen molar-refractivity contribution in [2.45, 2.75) is 50.1 Å². The number of hydrogen-bond donors (Lipinski definition) is 2. The maximum atomic E-state index is 14.9. The zero-order valence-electron chi connectivity index (χ0n) is 19.9. The highest BCUT2D eigenvalue weighted by molar-refractivity contribution is 6.11. The number of imide groups is 1. The van der Waals surface area contributed by atoms with Crippen molar-refractivity contribution in [2.75, 3.05) is 48.8 Å². The molecule has 1 unspecified atom stereocenters. The lowest BCUT2D eigenvalue weighted by molar-refractivity contribution is -0.142. The van der Waals surface area contributed by atoms with Gasteiger partial charge in [-0.3, -0.25) is 14.5 Å². The summed E-state index contributed by atoms with van der Waals surface area (Å²) in [4.78, 5) is 40.8. The highest BCUT2D eigenvalue weighted by atomic mass is 19.1. The van der Waals surface area contributed by atoms with Gasteiger partial charge in [-0.2, -0.15) is 4.98 Å². The Kier molecular flexibility index (Phi) is 5.36. The van der Waals surface area contributed by atoms with E-state index in [1.54, 1.807) is 12.3 Å². The quantitative estimate of drug-likeness (QED) is 0.647. The molecular weight excluding hydrogens is 449 g/mol. The van der Waals surface area contributed by atoms with Gasteiger partial charge in [0, 0.05) is 56.1 Å². The predicted octanol–water partition coefficient (Wildman–Crippen LogP) is 2.52. The van der Waals surface area contributed by atoms with Crippen molar-refractivity contribution in [3.63, 3.8) is 0 Å². The van der Waals surface area contributed by atoms with Crippen molar-refractivity contribution in [2.24, 2.45) is 0 Å². The lowest BCUT2D eigenvalue weighted by Crippen LogP contribution is -2.48. The minimum absolute atomic E-state index is 0.0203. The molecule has 2 saturated heterocycles. The van der Waals surface area contributed by atoms with Crippen molar-refractivity contribution in [1.29, 1.82) is 0 Å². The Hall–Kier alpha value is -3.27. The molecule has 0 radical (unpaired) electrons. The molecule has 2 N–H and O–H groups in total. The normalized spacial score (nSPS) is 25.0. The van der Waals surface area contributed by atoms with E-state index in [1.807, 2.05) is 6.07 Å². The third-order valence-corrected chi connectivity index (χ3v) is 7.80. The summed E-state index contributed by atoms with van der Waals surface area (Å²) in [6.45, 7) is 3.40. The summed E-state index contributed by atoms with van der Waals surface area (Å²) >= 11 is 0. The van der Waals surface area contributed by atoms with Gasteiger partial charge in [0.15, 0.2) is 0 Å². The molecule has 4 heterocycles. The number of nitrogens with zero attached hydrogens (tertiary/aromatic N) is 5. The Morgan fingerprint density at radius 3 is 2.63 bits per heavy atom. The van der Waals surface area contributed by atoms with Gasteiger partial charge in [0.2, 0.25) is 11.9 Å². The molecule has 3 aliphatic heterocycles. The monoisotopic (exact) mass is 479 g/mol. The summed E-state index contributed by atoms with van der Waals surface area (Å²) in [5.74, 6) is 0.309. The number of likely N-dealkylation sites (N-methyl/N-ethyl adjacent to an activating group) is 1. The Morgan fingerprint density at radius 2 is 1.89 bits per heavy atom. The molecule has 35 heavy (non-hydrogen) atoms. The van der Waals surface area contributed by atoms with Gasteiger partial charge >= 0.3 is 0 Å². The number of halogens is 1. The molecule has 1 aliphatic carbocycles. The van der Waals surface area contributed by atoms with Gasteiger partial charge in [-0.15, -0.1) is 0 Å². The molecule has 9 nitrogen and oxygen atoms in total. The first-order chi connectivity index (χ1) is 16.9. The van der Waals surface area contributed by atoms with Gasteiger partial charge < -0.3 is 20.4 Å². The maximum absolute atomic E-state index is 14.9. The summed E-state index contributed by atoms with van der Waals surface area (Å²) in [5.41, 5.74) is 0.985. The van der Waals surface area contributed by atoms with Crippen molar-refractivity contribution < 1.29 is 14.0 Å². The van der Waals surface area contributed by atoms with E-state index in [4.69, 9.17) is 0 Å². The number of rotatable bonds is 4. The number of likely N-dealkylation sites (tertiary alicyclic amines) is 1. The minimum atomic E-state index is -0.967. The van der Waals surface area contributed by atoms with Crippen LogP contribution >= 0.6 is 0 Å². The van der Waals surface area contributed by atoms with Crippen LogP contribution in [0, 0.1) is 5.82 Å². The van der Waals surface area contributed by atoms with Crippen LogP contribution in [-0.2, 0) is 16.0 Å². The first-order valence-corrected chi connectivity index (χ1v) is 12.4. The molecular formula is C25H30FN7O2. The lowest BCUT2D eigenvalue weighted by atomic mass is 9.94. The number of benzene rings is 1. The first-order valence-electron chi connectivity index (χ1n) is 12.4. The Balaban J connectivity index is 1.17. The molecule has 3 fully saturated rings. The van der Waals surface area contributed by atoms with Crippen LogP contribution in [0.15, 0.2) is 24.4 Å². The van der Waals surface area contributed by atoms with Crippen molar-refractivity contribution in [3.8, 4) is 0 Å². The van der Waals surface area contributed by atoms with Crippen LogP contribution in [0.5, 0.6) is 0 Å². The molecule has 1 spiro atoms. The zero-order chi connectivity index (χ0) is 24.2. The van der Waals surface area contributed by atoms with Crippen LogP contribution in [0.25, 0.3) is 0 Å². The maximum Gasteiger partial charge on any atom is 0.256 e. The van der Waals surface area contributed by atoms with Crippen LogP contribution in [0.4, 0.5) is 27.5 Å². The fourth-order valence-electron chi connectivity index (χ4n) is 5.85. The third kappa shape index (κ3) is 3.89. The number of fused-ring (bicyclic) bond motifs is 1.